The molecule has 0 aliphatic heterocycles. The molecule has 1 aromatic carbocycles. The monoisotopic (exact) mass is 329 g/mol. The van der Waals surface area contributed by atoms with Crippen molar-refractivity contribution >= 4 is 40.4 Å². The molecule has 1 amide bonds. The molecule has 1 heterocycles. The van der Waals surface area contributed by atoms with Crippen LogP contribution in [0.4, 0.5) is 0 Å². The van der Waals surface area contributed by atoms with Crippen LogP contribution in [0, 0.1) is 0 Å². The van der Waals surface area contributed by atoms with Crippen LogP contribution in [0.5, 0.6) is 0 Å². The zero-order valence-electron chi connectivity index (χ0n) is 10.5. The number of nitrogens with zero attached hydrogens (tertiary/aromatic N) is 1. The number of nitrogens with one attached hydrogen (secondary N) is 1. The van der Waals surface area contributed by atoms with E-state index < -0.39 is 0 Å². The number of aromatic nitrogens is 1. The van der Waals surface area contributed by atoms with Crippen molar-refractivity contribution in [2.75, 3.05) is 6.54 Å². The summed E-state index contributed by atoms with van der Waals surface area (Å²) in [5.74, 6) is -0.203. The van der Waals surface area contributed by atoms with Gasteiger partial charge in [-0.05, 0) is 24.1 Å². The molecule has 20 heavy (non-hydrogen) atoms. The van der Waals surface area contributed by atoms with Gasteiger partial charge in [-0.15, -0.1) is 11.3 Å². The molecule has 106 valence electrons. The first kappa shape index (κ1) is 15.3. The molecule has 0 bridgehead atoms. The van der Waals surface area contributed by atoms with E-state index in [-0.39, 0.29) is 5.91 Å². The predicted octanol–water partition coefficient (Wildman–Crippen LogP) is 2.88. The first-order chi connectivity index (χ1) is 9.60. The minimum atomic E-state index is -0.203. The Morgan fingerprint density at radius 2 is 2.20 bits per heavy atom. The van der Waals surface area contributed by atoms with Gasteiger partial charge in [0.15, 0.2) is 0 Å². The van der Waals surface area contributed by atoms with E-state index >= 15 is 0 Å². The molecule has 2 rings (SSSR count). The Morgan fingerprint density at radius 1 is 1.40 bits per heavy atom. The largest absolute Gasteiger partial charge is 0.350 e. The first-order valence-corrected chi connectivity index (χ1v) is 7.60. The van der Waals surface area contributed by atoms with E-state index in [9.17, 15) is 4.79 Å². The molecule has 4 nitrogen and oxygen atoms in total. The minimum absolute atomic E-state index is 0.203. The van der Waals surface area contributed by atoms with Crippen LogP contribution in [0.3, 0.4) is 0 Å². The fourth-order valence-electron chi connectivity index (χ4n) is 1.63. The number of amides is 1. The number of benzene rings is 1. The Bertz CT molecular complexity index is 615. The van der Waals surface area contributed by atoms with Crippen molar-refractivity contribution in [3.05, 3.63) is 49.9 Å². The number of carbonyl (C=O) groups excluding carboxylic acids is 1. The first-order valence-electron chi connectivity index (χ1n) is 5.96. The number of rotatable bonds is 5. The van der Waals surface area contributed by atoms with Gasteiger partial charge in [-0.1, -0.05) is 29.3 Å². The van der Waals surface area contributed by atoms with E-state index in [0.717, 1.165) is 10.6 Å². The topological polar surface area (TPSA) is 68.0 Å². The van der Waals surface area contributed by atoms with Crippen LogP contribution < -0.4 is 11.1 Å². The predicted molar refractivity (Wildman–Crippen MR) is 82.5 cm³/mol. The van der Waals surface area contributed by atoms with E-state index in [1.54, 1.807) is 17.5 Å². The number of thiazole rings is 1. The maximum atomic E-state index is 11.8. The Morgan fingerprint density at radius 3 is 2.85 bits per heavy atom. The minimum Gasteiger partial charge on any atom is -0.350 e. The average molecular weight is 330 g/mol. The van der Waals surface area contributed by atoms with Gasteiger partial charge in [0.1, 0.15) is 10.7 Å². The SMILES string of the molecule is NCc1nc(C(=O)NCCc2ccc(Cl)cc2Cl)cs1. The Balaban J connectivity index is 1.87. The Labute approximate surface area is 130 Å². The van der Waals surface area contributed by atoms with Crippen LogP contribution in [0.15, 0.2) is 23.6 Å². The summed E-state index contributed by atoms with van der Waals surface area (Å²) in [5, 5.41) is 6.45. The summed E-state index contributed by atoms with van der Waals surface area (Å²) in [5.41, 5.74) is 6.80. The van der Waals surface area contributed by atoms with Crippen LogP contribution in [0.2, 0.25) is 10.0 Å². The van der Waals surface area contributed by atoms with Crippen LogP contribution in [-0.2, 0) is 13.0 Å². The molecule has 0 aliphatic rings. The van der Waals surface area contributed by atoms with Gasteiger partial charge in [0.05, 0.1) is 0 Å². The fourth-order valence-corrected chi connectivity index (χ4v) is 2.79. The Hall–Kier alpha value is -1.14. The average Bonchev–Trinajstić information content (AvgIpc) is 2.90. The quantitative estimate of drug-likeness (QED) is 0.886. The molecule has 2 aromatic rings. The van der Waals surface area contributed by atoms with Crippen molar-refractivity contribution in [3.63, 3.8) is 0 Å². The Kier molecular flexibility index (Phi) is 5.37. The fraction of sp³-hybridized carbons (Fsp3) is 0.231. The molecule has 0 spiro atoms. The van der Waals surface area contributed by atoms with Crippen LogP contribution in [-0.4, -0.2) is 17.4 Å². The van der Waals surface area contributed by atoms with Gasteiger partial charge in [-0.2, -0.15) is 0 Å². The molecular formula is C13H13Cl2N3OS. The third-order valence-electron chi connectivity index (χ3n) is 2.65. The lowest BCUT2D eigenvalue weighted by atomic mass is 10.1. The molecule has 0 fully saturated rings. The highest BCUT2D eigenvalue weighted by atomic mass is 35.5. The van der Waals surface area contributed by atoms with E-state index in [4.69, 9.17) is 28.9 Å². The lowest BCUT2D eigenvalue weighted by molar-refractivity contribution is 0.0949. The van der Waals surface area contributed by atoms with Crippen molar-refractivity contribution in [1.29, 1.82) is 0 Å². The maximum Gasteiger partial charge on any atom is 0.270 e. The second kappa shape index (κ2) is 7.04. The number of halogens is 2. The third kappa shape index (κ3) is 3.93. The van der Waals surface area contributed by atoms with Crippen molar-refractivity contribution in [2.45, 2.75) is 13.0 Å². The zero-order valence-corrected chi connectivity index (χ0v) is 12.9. The summed E-state index contributed by atoms with van der Waals surface area (Å²) >= 11 is 13.3. The lowest BCUT2D eigenvalue weighted by Gasteiger charge is -2.06. The third-order valence-corrected chi connectivity index (χ3v) is 4.11. The smallest absolute Gasteiger partial charge is 0.270 e. The van der Waals surface area contributed by atoms with Gasteiger partial charge in [-0.3, -0.25) is 4.79 Å². The summed E-state index contributed by atoms with van der Waals surface area (Å²) in [6.45, 7) is 0.827. The van der Waals surface area contributed by atoms with Crippen molar-refractivity contribution in [3.8, 4) is 0 Å². The van der Waals surface area contributed by atoms with Crippen LogP contribution >= 0.6 is 34.5 Å². The van der Waals surface area contributed by atoms with Crippen molar-refractivity contribution in [2.24, 2.45) is 5.73 Å². The molecular weight excluding hydrogens is 317 g/mol. The molecule has 7 heteroatoms. The number of hydrogen-bond donors (Lipinski definition) is 2. The number of hydrogen-bond acceptors (Lipinski definition) is 4. The van der Waals surface area contributed by atoms with Crippen molar-refractivity contribution in [1.82, 2.24) is 10.3 Å². The summed E-state index contributed by atoms with van der Waals surface area (Å²) < 4.78 is 0. The normalized spacial score (nSPS) is 10.6. The summed E-state index contributed by atoms with van der Waals surface area (Å²) in [6, 6.07) is 5.32. The van der Waals surface area contributed by atoms with Gasteiger partial charge in [0.25, 0.3) is 5.91 Å². The molecule has 3 N–H and O–H groups in total. The van der Waals surface area contributed by atoms with Gasteiger partial charge in [0.2, 0.25) is 0 Å². The lowest BCUT2D eigenvalue weighted by Crippen LogP contribution is -2.26. The summed E-state index contributed by atoms with van der Waals surface area (Å²) in [4.78, 5) is 16.0. The second-order valence-electron chi connectivity index (χ2n) is 4.07. The molecule has 0 unspecified atom stereocenters. The summed E-state index contributed by atoms with van der Waals surface area (Å²) in [6.07, 6.45) is 0.635. The number of carbonyl (C=O) groups is 1. The second-order valence-corrected chi connectivity index (χ2v) is 5.86. The highest BCUT2D eigenvalue weighted by Crippen LogP contribution is 2.21. The number of nitrogens with two attached hydrogens (primary N) is 1. The van der Waals surface area contributed by atoms with E-state index in [2.05, 4.69) is 10.3 Å². The molecule has 0 atom stereocenters. The summed E-state index contributed by atoms with van der Waals surface area (Å²) in [7, 11) is 0. The molecule has 0 saturated carbocycles. The van der Waals surface area contributed by atoms with E-state index in [1.807, 2.05) is 6.07 Å². The highest BCUT2D eigenvalue weighted by molar-refractivity contribution is 7.09. The van der Waals surface area contributed by atoms with Gasteiger partial charge in [-0.25, -0.2) is 4.98 Å². The van der Waals surface area contributed by atoms with Crippen molar-refractivity contribution < 1.29 is 4.79 Å². The molecule has 1 aromatic heterocycles. The molecule has 0 radical (unpaired) electrons. The van der Waals surface area contributed by atoms with E-state index in [1.165, 1.54) is 11.3 Å². The van der Waals surface area contributed by atoms with Crippen LogP contribution in [0.1, 0.15) is 21.1 Å². The van der Waals surface area contributed by atoms with Crippen LogP contribution in [0.25, 0.3) is 0 Å². The van der Waals surface area contributed by atoms with Gasteiger partial charge < -0.3 is 11.1 Å². The zero-order chi connectivity index (χ0) is 14.5. The molecule has 0 aliphatic carbocycles. The highest BCUT2D eigenvalue weighted by Gasteiger charge is 2.10. The van der Waals surface area contributed by atoms with Gasteiger partial charge in [0, 0.05) is 28.5 Å². The maximum absolute atomic E-state index is 11.8. The van der Waals surface area contributed by atoms with Gasteiger partial charge >= 0.3 is 0 Å². The molecule has 0 saturated heterocycles. The standard InChI is InChI=1S/C13H13Cl2N3OS/c14-9-2-1-8(10(15)5-9)3-4-17-13(19)11-7-20-12(6-16)18-11/h1-2,5,7H,3-4,6,16H2,(H,17,19). The van der Waals surface area contributed by atoms with E-state index in [0.29, 0.717) is 35.2 Å².